The van der Waals surface area contributed by atoms with Crippen molar-refractivity contribution in [1.29, 1.82) is 0 Å². The van der Waals surface area contributed by atoms with Gasteiger partial charge in [-0.1, -0.05) is 67.8 Å². The predicted molar refractivity (Wildman–Crippen MR) is 113 cm³/mol. The maximum Gasteiger partial charge on any atom is 0.220 e. The van der Waals surface area contributed by atoms with E-state index < -0.39 is 0 Å². The first-order valence-corrected chi connectivity index (χ1v) is 9.97. The van der Waals surface area contributed by atoms with Crippen molar-refractivity contribution in [3.05, 3.63) is 71.4 Å². The number of aryl methyl sites for hydroxylation is 2. The molecule has 0 spiro atoms. The quantitative estimate of drug-likeness (QED) is 0.541. The molecule has 0 saturated heterocycles. The normalized spacial score (nSPS) is 12.3. The molecule has 0 aliphatic carbocycles. The summed E-state index contributed by atoms with van der Waals surface area (Å²) in [6.07, 6.45) is 6.03. The van der Waals surface area contributed by atoms with Crippen LogP contribution in [-0.4, -0.2) is 17.0 Å². The Morgan fingerprint density at radius 3 is 2.56 bits per heavy atom. The number of unbranched alkanes of at least 4 members (excludes halogenated alkanes) is 2. The average molecular weight is 363 g/mol. The van der Waals surface area contributed by atoms with Crippen LogP contribution in [0.25, 0.3) is 10.9 Å². The van der Waals surface area contributed by atoms with Gasteiger partial charge in [0.05, 0.1) is 0 Å². The second kappa shape index (κ2) is 8.90. The molecule has 1 atom stereocenters. The van der Waals surface area contributed by atoms with Crippen molar-refractivity contribution in [1.82, 2.24) is 9.88 Å². The number of carbonyl (C=O) groups excluding carboxylic acids is 1. The van der Waals surface area contributed by atoms with Gasteiger partial charge in [-0.05, 0) is 30.5 Å². The van der Waals surface area contributed by atoms with Crippen LogP contribution >= 0.6 is 0 Å². The first-order chi connectivity index (χ1) is 13.1. The third-order valence-corrected chi connectivity index (χ3v) is 5.27. The highest BCUT2D eigenvalue weighted by Crippen LogP contribution is 2.34. The number of aromatic nitrogens is 1. The maximum atomic E-state index is 12.7. The van der Waals surface area contributed by atoms with E-state index in [1.54, 1.807) is 0 Å². The lowest BCUT2D eigenvalue weighted by Gasteiger charge is -2.17. The molecule has 0 radical (unpaired) electrons. The summed E-state index contributed by atoms with van der Waals surface area (Å²) in [5.41, 5.74) is 4.86. The van der Waals surface area contributed by atoms with Crippen LogP contribution < -0.4 is 5.32 Å². The molecule has 0 saturated carbocycles. The van der Waals surface area contributed by atoms with Crippen molar-refractivity contribution in [2.75, 3.05) is 6.54 Å². The van der Waals surface area contributed by atoms with Gasteiger partial charge in [0.2, 0.25) is 5.91 Å². The Morgan fingerprint density at radius 1 is 1.07 bits per heavy atom. The van der Waals surface area contributed by atoms with Crippen LogP contribution in [0.4, 0.5) is 0 Å². The first-order valence-electron chi connectivity index (χ1n) is 9.97. The van der Waals surface area contributed by atoms with E-state index in [0.717, 1.165) is 25.8 Å². The fraction of sp³-hybridized carbons (Fsp3) is 0.375. The number of hydrogen-bond donors (Lipinski definition) is 1. The van der Waals surface area contributed by atoms with Gasteiger partial charge in [-0.25, -0.2) is 0 Å². The van der Waals surface area contributed by atoms with E-state index in [1.807, 2.05) is 0 Å². The zero-order valence-electron chi connectivity index (χ0n) is 16.7. The molecule has 0 bridgehead atoms. The summed E-state index contributed by atoms with van der Waals surface area (Å²) in [5, 5.41) is 4.33. The van der Waals surface area contributed by atoms with Crippen LogP contribution in [0.15, 0.2) is 54.7 Å². The molecule has 1 aromatic heterocycles. The van der Waals surface area contributed by atoms with Gasteiger partial charge in [0.15, 0.2) is 0 Å². The van der Waals surface area contributed by atoms with E-state index in [9.17, 15) is 4.79 Å². The fourth-order valence-corrected chi connectivity index (χ4v) is 3.72. The molecule has 0 aliphatic heterocycles. The summed E-state index contributed by atoms with van der Waals surface area (Å²) in [7, 11) is 2.07. The van der Waals surface area contributed by atoms with Crippen molar-refractivity contribution < 1.29 is 4.79 Å². The number of carbonyl (C=O) groups is 1. The highest BCUT2D eigenvalue weighted by molar-refractivity contribution is 5.86. The second-order valence-electron chi connectivity index (χ2n) is 7.44. The van der Waals surface area contributed by atoms with E-state index in [-0.39, 0.29) is 11.8 Å². The van der Waals surface area contributed by atoms with Crippen molar-refractivity contribution >= 4 is 16.8 Å². The lowest BCUT2D eigenvalue weighted by Crippen LogP contribution is -2.26. The number of nitrogens with one attached hydrogen (secondary N) is 1. The molecule has 0 aliphatic rings. The Morgan fingerprint density at radius 2 is 1.81 bits per heavy atom. The van der Waals surface area contributed by atoms with Crippen molar-refractivity contribution in [3.63, 3.8) is 0 Å². The van der Waals surface area contributed by atoms with Gasteiger partial charge in [0.25, 0.3) is 0 Å². The number of para-hydroxylation sites is 1. The van der Waals surface area contributed by atoms with Crippen LogP contribution in [0.3, 0.4) is 0 Å². The molecule has 1 amide bonds. The number of hydrogen-bond acceptors (Lipinski definition) is 1. The fourth-order valence-electron chi connectivity index (χ4n) is 3.72. The third kappa shape index (κ3) is 4.60. The van der Waals surface area contributed by atoms with Crippen LogP contribution in [0.2, 0.25) is 0 Å². The zero-order valence-corrected chi connectivity index (χ0v) is 16.7. The van der Waals surface area contributed by atoms with E-state index >= 15 is 0 Å². The first kappa shape index (κ1) is 19.2. The highest BCUT2D eigenvalue weighted by atomic mass is 16.1. The third-order valence-electron chi connectivity index (χ3n) is 5.27. The molecule has 0 fully saturated rings. The summed E-state index contributed by atoms with van der Waals surface area (Å²) in [5.74, 6) is 0.187. The number of nitrogens with zero attached hydrogens (tertiary/aromatic N) is 1. The van der Waals surface area contributed by atoms with E-state index in [1.165, 1.54) is 27.6 Å². The number of amides is 1. The Kier molecular flexibility index (Phi) is 6.33. The number of rotatable bonds is 8. The number of benzene rings is 2. The Bertz CT molecular complexity index is 892. The monoisotopic (exact) mass is 362 g/mol. The summed E-state index contributed by atoms with van der Waals surface area (Å²) in [6.45, 7) is 5.04. The van der Waals surface area contributed by atoms with Gasteiger partial charge in [-0.3, -0.25) is 4.79 Å². The van der Waals surface area contributed by atoms with Crippen LogP contribution in [0.1, 0.15) is 55.2 Å². The zero-order chi connectivity index (χ0) is 19.2. The molecule has 3 aromatic rings. The molecule has 0 unspecified atom stereocenters. The average Bonchev–Trinajstić information content (AvgIpc) is 3.01. The largest absolute Gasteiger partial charge is 0.356 e. The van der Waals surface area contributed by atoms with Crippen molar-refractivity contribution in [3.8, 4) is 0 Å². The smallest absolute Gasteiger partial charge is 0.220 e. The molecule has 3 nitrogen and oxygen atoms in total. The molecular formula is C24H30N2O. The minimum atomic E-state index is 0.0582. The van der Waals surface area contributed by atoms with Gasteiger partial charge in [-0.2, -0.15) is 0 Å². The molecule has 3 heteroatoms. The molecule has 27 heavy (non-hydrogen) atoms. The van der Waals surface area contributed by atoms with Gasteiger partial charge >= 0.3 is 0 Å². The van der Waals surface area contributed by atoms with E-state index in [4.69, 9.17) is 0 Å². The standard InChI is InChI=1S/C24H30N2O/c1-4-5-8-15-25-24(27)16-21(19-13-11-18(2)12-14-19)22-17-26(3)23-10-7-6-9-20(22)23/h6-7,9-14,17,21H,4-5,8,15-16H2,1-3H3,(H,25,27)/t21-/m1/s1. The summed E-state index contributed by atoms with van der Waals surface area (Å²) >= 11 is 0. The second-order valence-corrected chi connectivity index (χ2v) is 7.44. The molecular weight excluding hydrogens is 332 g/mol. The Hall–Kier alpha value is -2.55. The highest BCUT2D eigenvalue weighted by Gasteiger charge is 2.22. The molecule has 3 rings (SSSR count). The minimum Gasteiger partial charge on any atom is -0.356 e. The minimum absolute atomic E-state index is 0.0582. The maximum absolute atomic E-state index is 12.7. The molecule has 1 heterocycles. The van der Waals surface area contributed by atoms with Crippen LogP contribution in [0.5, 0.6) is 0 Å². The van der Waals surface area contributed by atoms with Gasteiger partial charge < -0.3 is 9.88 Å². The van der Waals surface area contributed by atoms with Gasteiger partial charge in [0.1, 0.15) is 0 Å². The Balaban J connectivity index is 1.90. The van der Waals surface area contributed by atoms with Gasteiger partial charge in [0, 0.05) is 43.0 Å². The van der Waals surface area contributed by atoms with Crippen molar-refractivity contribution in [2.24, 2.45) is 7.05 Å². The lowest BCUT2D eigenvalue weighted by molar-refractivity contribution is -0.121. The SMILES string of the molecule is CCCCCNC(=O)C[C@H](c1ccc(C)cc1)c1cn(C)c2ccccc12. The lowest BCUT2D eigenvalue weighted by atomic mass is 9.87. The van der Waals surface area contributed by atoms with Crippen LogP contribution in [0, 0.1) is 6.92 Å². The Labute approximate surface area is 162 Å². The van der Waals surface area contributed by atoms with E-state index in [2.05, 4.69) is 85.5 Å². The van der Waals surface area contributed by atoms with Gasteiger partial charge in [-0.15, -0.1) is 0 Å². The topological polar surface area (TPSA) is 34.0 Å². The van der Waals surface area contributed by atoms with E-state index in [0.29, 0.717) is 6.42 Å². The van der Waals surface area contributed by atoms with Crippen molar-refractivity contribution in [2.45, 2.75) is 45.4 Å². The summed E-state index contributed by atoms with van der Waals surface area (Å²) in [6, 6.07) is 17.0. The molecule has 142 valence electrons. The summed E-state index contributed by atoms with van der Waals surface area (Å²) in [4.78, 5) is 12.7. The summed E-state index contributed by atoms with van der Waals surface area (Å²) < 4.78 is 2.16. The van der Waals surface area contributed by atoms with Crippen LogP contribution in [-0.2, 0) is 11.8 Å². The predicted octanol–water partition coefficient (Wildman–Crippen LogP) is 5.32. The molecule has 2 aromatic carbocycles. The number of fused-ring (bicyclic) bond motifs is 1. The molecule has 1 N–H and O–H groups in total.